The maximum atomic E-state index is 13.7. The van der Waals surface area contributed by atoms with Crippen molar-refractivity contribution in [3.05, 3.63) is 89.9 Å². The van der Waals surface area contributed by atoms with Crippen molar-refractivity contribution in [3.63, 3.8) is 0 Å². The zero-order valence-corrected chi connectivity index (χ0v) is 21.8. The number of benzene rings is 1. The summed E-state index contributed by atoms with van der Waals surface area (Å²) < 4.78 is 15.5. The topological polar surface area (TPSA) is 95.7 Å². The molecule has 0 saturated heterocycles. The third-order valence-electron chi connectivity index (χ3n) is 7.48. The van der Waals surface area contributed by atoms with Gasteiger partial charge in [-0.1, -0.05) is 49.6 Å². The zero-order chi connectivity index (χ0) is 27.2. The first kappa shape index (κ1) is 26.4. The lowest BCUT2D eigenvalue weighted by atomic mass is 9.82. The van der Waals surface area contributed by atoms with E-state index in [1.807, 2.05) is 28.8 Å². The summed E-state index contributed by atoms with van der Waals surface area (Å²) in [6.45, 7) is 0.541. The molecule has 0 aliphatic heterocycles. The monoisotopic (exact) mass is 528 g/mol. The number of anilines is 1. The number of hydrogen-bond donors (Lipinski definition) is 3. The normalized spacial score (nSPS) is 16.5. The maximum absolute atomic E-state index is 13.7. The predicted octanol–water partition coefficient (Wildman–Crippen LogP) is 6.15. The van der Waals surface area contributed by atoms with Crippen LogP contribution in [0.25, 0.3) is 16.9 Å². The van der Waals surface area contributed by atoms with Gasteiger partial charge in [-0.15, -0.1) is 0 Å². The van der Waals surface area contributed by atoms with E-state index in [-0.39, 0.29) is 24.1 Å². The second kappa shape index (κ2) is 12.1. The van der Waals surface area contributed by atoms with Crippen molar-refractivity contribution in [3.8, 4) is 11.3 Å². The number of carboxylic acids is 1. The molecule has 7 nitrogen and oxygen atoms in total. The molecule has 1 amide bonds. The van der Waals surface area contributed by atoms with Gasteiger partial charge >= 0.3 is 5.97 Å². The van der Waals surface area contributed by atoms with Gasteiger partial charge in [0, 0.05) is 24.3 Å². The molecular weight excluding hydrogens is 495 g/mol. The summed E-state index contributed by atoms with van der Waals surface area (Å²) in [5.74, 6) is -0.787. The van der Waals surface area contributed by atoms with E-state index in [0.717, 1.165) is 44.1 Å². The molecule has 0 bridgehead atoms. The van der Waals surface area contributed by atoms with Crippen LogP contribution in [0.15, 0.2) is 78.5 Å². The van der Waals surface area contributed by atoms with Gasteiger partial charge in [-0.2, -0.15) is 0 Å². The number of nitrogens with zero attached hydrogens (tertiary/aromatic N) is 2. The zero-order valence-electron chi connectivity index (χ0n) is 21.8. The van der Waals surface area contributed by atoms with E-state index in [0.29, 0.717) is 34.8 Å². The smallest absolute Gasteiger partial charge is 0.305 e. The minimum absolute atomic E-state index is 0.112. The average Bonchev–Trinajstić information content (AvgIpc) is 3.11. The van der Waals surface area contributed by atoms with Crippen LogP contribution in [0, 0.1) is 11.7 Å². The number of rotatable bonds is 9. The van der Waals surface area contributed by atoms with Gasteiger partial charge < -0.3 is 15.7 Å². The highest BCUT2D eigenvalue weighted by atomic mass is 19.1. The fraction of sp³-hybridized carbons (Fsp3) is 0.323. The molecular formula is C31H33FN4O3. The van der Waals surface area contributed by atoms with Crippen molar-refractivity contribution in [2.45, 2.75) is 51.0 Å². The summed E-state index contributed by atoms with van der Waals surface area (Å²) in [5.41, 5.74) is 3.23. The van der Waals surface area contributed by atoms with Gasteiger partial charge in [0.05, 0.1) is 12.0 Å². The van der Waals surface area contributed by atoms with Gasteiger partial charge in [0.25, 0.3) is 5.91 Å². The quantitative estimate of drug-likeness (QED) is 0.310. The molecule has 1 unspecified atom stereocenters. The van der Waals surface area contributed by atoms with E-state index in [2.05, 4.69) is 22.8 Å². The molecule has 3 aromatic rings. The Kier molecular flexibility index (Phi) is 8.20. The van der Waals surface area contributed by atoms with Crippen molar-refractivity contribution < 1.29 is 19.1 Å². The molecule has 1 aromatic carbocycles. The predicted molar refractivity (Wildman–Crippen MR) is 150 cm³/mol. The second-order valence-electron chi connectivity index (χ2n) is 10.2. The molecule has 202 valence electrons. The third kappa shape index (κ3) is 6.28. The Morgan fingerprint density at radius 3 is 2.67 bits per heavy atom. The lowest BCUT2D eigenvalue weighted by Gasteiger charge is -2.30. The Labute approximate surface area is 227 Å². The van der Waals surface area contributed by atoms with E-state index in [1.54, 1.807) is 24.3 Å². The summed E-state index contributed by atoms with van der Waals surface area (Å²) in [7, 11) is 0. The molecule has 5 rings (SSSR count). The van der Waals surface area contributed by atoms with Crippen LogP contribution in [0.5, 0.6) is 0 Å². The number of carboxylic acid groups (broad SMARTS) is 1. The van der Waals surface area contributed by atoms with Crippen molar-refractivity contribution in [1.82, 2.24) is 14.7 Å². The Bertz CT molecular complexity index is 1430. The van der Waals surface area contributed by atoms with Gasteiger partial charge in [-0.3, -0.25) is 14.0 Å². The molecule has 0 radical (unpaired) electrons. The van der Waals surface area contributed by atoms with Gasteiger partial charge in [0.2, 0.25) is 0 Å². The first-order valence-electron chi connectivity index (χ1n) is 13.6. The van der Waals surface area contributed by atoms with Gasteiger partial charge in [0.15, 0.2) is 5.65 Å². The van der Waals surface area contributed by atoms with Crippen LogP contribution < -0.4 is 10.6 Å². The highest BCUT2D eigenvalue weighted by molar-refractivity contribution is 6.01. The number of aromatic nitrogens is 2. The highest BCUT2D eigenvalue weighted by Gasteiger charge is 2.28. The van der Waals surface area contributed by atoms with E-state index in [4.69, 9.17) is 4.98 Å². The number of nitrogens with one attached hydrogen (secondary N) is 2. The number of carbonyl (C=O) groups is 2. The lowest BCUT2D eigenvalue weighted by molar-refractivity contribution is -0.137. The maximum Gasteiger partial charge on any atom is 0.305 e. The number of imidazole rings is 1. The molecule has 2 aliphatic rings. The van der Waals surface area contributed by atoms with Crippen LogP contribution in [0.1, 0.15) is 55.3 Å². The second-order valence-corrected chi connectivity index (χ2v) is 10.2. The Balaban J connectivity index is 1.50. The molecule has 2 aromatic heterocycles. The van der Waals surface area contributed by atoms with Crippen LogP contribution in [0.2, 0.25) is 0 Å². The molecule has 2 aliphatic carbocycles. The number of fused-ring (bicyclic) bond motifs is 1. The van der Waals surface area contributed by atoms with Crippen LogP contribution >= 0.6 is 0 Å². The number of hydrogen-bond acceptors (Lipinski definition) is 4. The highest BCUT2D eigenvalue weighted by Crippen LogP contribution is 2.32. The third-order valence-corrected chi connectivity index (χ3v) is 7.48. The summed E-state index contributed by atoms with van der Waals surface area (Å²) in [6, 6.07) is 9.16. The van der Waals surface area contributed by atoms with Crippen molar-refractivity contribution in [1.29, 1.82) is 0 Å². The largest absolute Gasteiger partial charge is 0.481 e. The van der Waals surface area contributed by atoms with Crippen molar-refractivity contribution in [2.75, 3.05) is 11.9 Å². The number of halogens is 1. The Morgan fingerprint density at radius 2 is 1.90 bits per heavy atom. The minimum Gasteiger partial charge on any atom is -0.481 e. The summed E-state index contributed by atoms with van der Waals surface area (Å²) in [5, 5.41) is 16.0. The van der Waals surface area contributed by atoms with E-state index in [9.17, 15) is 19.1 Å². The van der Waals surface area contributed by atoms with Crippen LogP contribution in [-0.4, -0.2) is 39.0 Å². The number of amides is 1. The first-order valence-corrected chi connectivity index (χ1v) is 13.6. The molecule has 2 heterocycles. The Morgan fingerprint density at radius 1 is 1.10 bits per heavy atom. The summed E-state index contributed by atoms with van der Waals surface area (Å²) in [4.78, 5) is 30.1. The van der Waals surface area contributed by atoms with E-state index >= 15 is 0 Å². The van der Waals surface area contributed by atoms with Crippen LogP contribution in [-0.2, 0) is 4.79 Å². The van der Waals surface area contributed by atoms with Crippen LogP contribution in [0.4, 0.5) is 10.2 Å². The molecule has 1 atom stereocenters. The Hall–Kier alpha value is -4.20. The fourth-order valence-corrected chi connectivity index (χ4v) is 5.47. The van der Waals surface area contributed by atoms with E-state index in [1.165, 1.54) is 12.1 Å². The summed E-state index contributed by atoms with van der Waals surface area (Å²) >= 11 is 0. The number of carbonyl (C=O) groups excluding carboxylic acids is 1. The van der Waals surface area contributed by atoms with Gasteiger partial charge in [-0.25, -0.2) is 9.37 Å². The molecule has 1 saturated carbocycles. The molecule has 8 heteroatoms. The number of allylic oxidation sites excluding steroid dienone is 4. The summed E-state index contributed by atoms with van der Waals surface area (Å²) in [6.07, 6.45) is 17.9. The van der Waals surface area contributed by atoms with Crippen molar-refractivity contribution in [2.24, 2.45) is 5.92 Å². The fourth-order valence-electron chi connectivity index (χ4n) is 5.47. The number of pyridine rings is 1. The molecule has 1 fully saturated rings. The van der Waals surface area contributed by atoms with Crippen LogP contribution in [0.3, 0.4) is 0 Å². The van der Waals surface area contributed by atoms with Gasteiger partial charge in [0.1, 0.15) is 17.3 Å². The molecule has 3 N–H and O–H groups in total. The lowest BCUT2D eigenvalue weighted by Crippen LogP contribution is -2.42. The molecule has 39 heavy (non-hydrogen) atoms. The SMILES string of the molecule is O=C(O)CC(NC(=O)c1cccn2c(NCC3=CCC=CC=C3)c(-c3ccc(F)cc3)nc12)C1CCCCC1. The standard InChI is InChI=1S/C31H33FN4O3/c32-24-16-14-23(15-17-24)28-30(33-20-21-9-4-1-2-5-10-21)36-18-8-13-25(29(36)35-28)31(39)34-26(19-27(37)38)22-11-6-3-7-12-22/h1-2,4,8-10,13-18,22,26,33H,3,5-7,11-12,19-20H2,(H,34,39)(H,37,38). The molecule has 0 spiro atoms. The minimum atomic E-state index is -0.924. The van der Waals surface area contributed by atoms with Gasteiger partial charge in [-0.05, 0) is 67.2 Å². The van der Waals surface area contributed by atoms with E-state index < -0.39 is 12.0 Å². The van der Waals surface area contributed by atoms with Crippen molar-refractivity contribution >= 4 is 23.3 Å². The first-order chi connectivity index (χ1) is 19.0. The average molecular weight is 529 g/mol. The number of aliphatic carboxylic acids is 1.